The highest BCUT2D eigenvalue weighted by atomic mass is 16.2. The van der Waals surface area contributed by atoms with E-state index in [0.717, 1.165) is 13.0 Å². The second-order valence-corrected chi connectivity index (χ2v) is 6.71. The molecule has 1 atom stereocenters. The van der Waals surface area contributed by atoms with Gasteiger partial charge >= 0.3 is 0 Å². The van der Waals surface area contributed by atoms with E-state index in [1.165, 1.54) is 11.1 Å². The van der Waals surface area contributed by atoms with Gasteiger partial charge in [-0.3, -0.25) is 4.79 Å². The third kappa shape index (κ3) is 3.52. The van der Waals surface area contributed by atoms with Crippen LogP contribution in [0, 0.1) is 0 Å². The van der Waals surface area contributed by atoms with Crippen molar-refractivity contribution in [2.24, 2.45) is 0 Å². The molecule has 0 N–H and O–H groups in total. The monoisotopic (exact) mass is 346 g/mol. The lowest BCUT2D eigenvalue weighted by atomic mass is 9.88. The molecule has 26 heavy (non-hydrogen) atoms. The van der Waals surface area contributed by atoms with Gasteiger partial charge in [-0.1, -0.05) is 60.7 Å². The first-order valence-electron chi connectivity index (χ1n) is 9.05. The number of likely N-dealkylation sites (tertiary alicyclic amines) is 1. The Balaban J connectivity index is 1.50. The number of benzene rings is 2. The highest BCUT2D eigenvalue weighted by Crippen LogP contribution is 2.30. The Kier molecular flexibility index (Phi) is 4.78. The van der Waals surface area contributed by atoms with E-state index < -0.39 is 0 Å². The summed E-state index contributed by atoms with van der Waals surface area (Å²) in [5, 5.41) is 8.43. The van der Waals surface area contributed by atoms with Crippen molar-refractivity contribution in [2.75, 3.05) is 13.1 Å². The predicted molar refractivity (Wildman–Crippen MR) is 99.6 cm³/mol. The van der Waals surface area contributed by atoms with E-state index in [0.29, 0.717) is 13.0 Å². The van der Waals surface area contributed by atoms with Crippen LogP contribution in [0.15, 0.2) is 73.1 Å². The molecule has 1 amide bonds. The smallest absolute Gasteiger partial charge is 0.223 e. The minimum Gasteiger partial charge on any atom is -0.340 e. The van der Waals surface area contributed by atoms with Crippen molar-refractivity contribution in [1.29, 1.82) is 0 Å². The van der Waals surface area contributed by atoms with Crippen LogP contribution < -0.4 is 0 Å². The molecule has 5 heteroatoms. The molecule has 0 radical (unpaired) electrons. The fraction of sp³-hybridized carbons (Fsp3) is 0.286. The summed E-state index contributed by atoms with van der Waals surface area (Å²) in [4.78, 5) is 16.7. The number of rotatable bonds is 5. The van der Waals surface area contributed by atoms with Crippen LogP contribution in [0.25, 0.3) is 0 Å². The Bertz CT molecular complexity index is 793. The van der Waals surface area contributed by atoms with Gasteiger partial charge in [-0.05, 0) is 17.5 Å². The van der Waals surface area contributed by atoms with E-state index >= 15 is 0 Å². The van der Waals surface area contributed by atoms with Crippen molar-refractivity contribution in [3.63, 3.8) is 0 Å². The van der Waals surface area contributed by atoms with E-state index in [1.54, 1.807) is 17.2 Å². The summed E-state index contributed by atoms with van der Waals surface area (Å²) >= 11 is 0. The van der Waals surface area contributed by atoms with Crippen LogP contribution in [-0.4, -0.2) is 38.9 Å². The lowest BCUT2D eigenvalue weighted by Crippen LogP contribution is -2.30. The zero-order valence-electron chi connectivity index (χ0n) is 14.6. The molecule has 1 unspecified atom stereocenters. The third-order valence-corrected chi connectivity index (χ3v) is 5.06. The minimum atomic E-state index is 0.0757. The van der Waals surface area contributed by atoms with Gasteiger partial charge in [-0.25, -0.2) is 0 Å². The summed E-state index contributed by atoms with van der Waals surface area (Å²) in [7, 11) is 0. The van der Waals surface area contributed by atoms with E-state index in [4.69, 9.17) is 0 Å². The Morgan fingerprint density at radius 3 is 2.12 bits per heavy atom. The van der Waals surface area contributed by atoms with Gasteiger partial charge in [0.2, 0.25) is 5.91 Å². The molecule has 0 saturated carbocycles. The second kappa shape index (κ2) is 7.52. The van der Waals surface area contributed by atoms with Crippen molar-refractivity contribution >= 4 is 5.91 Å². The first-order valence-corrected chi connectivity index (χ1v) is 9.05. The minimum absolute atomic E-state index is 0.0757. The standard InChI is InChI=1S/C21H22N4O/c26-21(24-14-11-19(16-24)25-22-12-13-23-25)15-20(17-7-3-1-4-8-17)18-9-5-2-6-10-18/h1-10,12-13,19-20H,11,14-16H2. The SMILES string of the molecule is O=C(CC(c1ccccc1)c1ccccc1)N1CCC(n2nccn2)C1. The Hall–Kier alpha value is -2.95. The van der Waals surface area contributed by atoms with Crippen LogP contribution in [0.5, 0.6) is 0 Å². The molecule has 0 spiro atoms. The number of amides is 1. The van der Waals surface area contributed by atoms with Gasteiger partial charge in [0.1, 0.15) is 0 Å². The number of aromatic nitrogens is 3. The lowest BCUT2D eigenvalue weighted by molar-refractivity contribution is -0.130. The normalized spacial score (nSPS) is 17.0. The molecule has 3 aromatic rings. The Labute approximate surface area is 153 Å². The van der Waals surface area contributed by atoms with Crippen molar-refractivity contribution in [1.82, 2.24) is 19.9 Å². The van der Waals surface area contributed by atoms with Gasteiger partial charge in [0.15, 0.2) is 0 Å². The van der Waals surface area contributed by atoms with Gasteiger partial charge in [0, 0.05) is 25.4 Å². The molecule has 132 valence electrons. The first kappa shape index (κ1) is 16.5. The molecule has 4 rings (SSSR count). The number of hydrogen-bond acceptors (Lipinski definition) is 3. The average molecular weight is 346 g/mol. The van der Waals surface area contributed by atoms with Gasteiger partial charge in [0.05, 0.1) is 18.4 Å². The second-order valence-electron chi connectivity index (χ2n) is 6.71. The quantitative estimate of drug-likeness (QED) is 0.712. The van der Waals surface area contributed by atoms with Crippen molar-refractivity contribution in [2.45, 2.75) is 24.8 Å². The third-order valence-electron chi connectivity index (χ3n) is 5.06. The summed E-state index contributed by atoms with van der Waals surface area (Å²) in [6.07, 6.45) is 4.76. The maximum Gasteiger partial charge on any atom is 0.223 e. The molecule has 1 saturated heterocycles. The van der Waals surface area contributed by atoms with E-state index in [1.807, 2.05) is 41.3 Å². The molecule has 2 heterocycles. The average Bonchev–Trinajstić information content (AvgIpc) is 3.39. The van der Waals surface area contributed by atoms with Crippen molar-refractivity contribution in [3.8, 4) is 0 Å². The number of hydrogen-bond donors (Lipinski definition) is 0. The van der Waals surface area contributed by atoms with Crippen molar-refractivity contribution < 1.29 is 4.79 Å². The summed E-state index contributed by atoms with van der Waals surface area (Å²) in [5.41, 5.74) is 2.35. The number of carbonyl (C=O) groups is 1. The molecular formula is C21H22N4O. The van der Waals surface area contributed by atoms with Crippen LogP contribution >= 0.6 is 0 Å². The molecule has 0 aliphatic carbocycles. The first-order chi connectivity index (χ1) is 12.8. The van der Waals surface area contributed by atoms with Crippen molar-refractivity contribution in [3.05, 3.63) is 84.2 Å². The zero-order valence-corrected chi connectivity index (χ0v) is 14.6. The highest BCUT2D eigenvalue weighted by Gasteiger charge is 2.30. The largest absolute Gasteiger partial charge is 0.340 e. The topological polar surface area (TPSA) is 51.0 Å². The molecule has 1 aromatic heterocycles. The van der Waals surface area contributed by atoms with E-state index in [2.05, 4.69) is 34.5 Å². The Morgan fingerprint density at radius 2 is 1.54 bits per heavy atom. The molecule has 1 fully saturated rings. The summed E-state index contributed by atoms with van der Waals surface area (Å²) in [6.45, 7) is 1.45. The molecule has 1 aliphatic heterocycles. The van der Waals surface area contributed by atoms with Crippen LogP contribution in [0.3, 0.4) is 0 Å². The highest BCUT2D eigenvalue weighted by molar-refractivity contribution is 5.78. The van der Waals surface area contributed by atoms with Crippen LogP contribution in [0.1, 0.15) is 35.9 Å². The molecule has 5 nitrogen and oxygen atoms in total. The summed E-state index contributed by atoms with van der Waals surface area (Å²) < 4.78 is 0. The molecule has 2 aromatic carbocycles. The zero-order chi connectivity index (χ0) is 17.8. The fourth-order valence-electron chi connectivity index (χ4n) is 3.67. The lowest BCUT2D eigenvalue weighted by Gasteiger charge is -2.22. The van der Waals surface area contributed by atoms with E-state index in [9.17, 15) is 4.79 Å². The maximum atomic E-state index is 13.0. The fourth-order valence-corrected chi connectivity index (χ4v) is 3.67. The molecule has 1 aliphatic rings. The predicted octanol–water partition coefficient (Wildman–Crippen LogP) is 3.27. The van der Waals surface area contributed by atoms with Crippen LogP contribution in [0.2, 0.25) is 0 Å². The van der Waals surface area contributed by atoms with Crippen LogP contribution in [-0.2, 0) is 4.79 Å². The molecular weight excluding hydrogens is 324 g/mol. The van der Waals surface area contributed by atoms with Gasteiger partial charge in [-0.2, -0.15) is 15.0 Å². The van der Waals surface area contributed by atoms with Gasteiger partial charge in [0.25, 0.3) is 0 Å². The van der Waals surface area contributed by atoms with Crippen LogP contribution in [0.4, 0.5) is 0 Å². The van der Waals surface area contributed by atoms with E-state index in [-0.39, 0.29) is 17.9 Å². The number of nitrogens with zero attached hydrogens (tertiary/aromatic N) is 4. The van der Waals surface area contributed by atoms with Gasteiger partial charge < -0.3 is 4.90 Å². The van der Waals surface area contributed by atoms with Gasteiger partial charge in [-0.15, -0.1) is 0 Å². The summed E-state index contributed by atoms with van der Waals surface area (Å²) in [6, 6.07) is 20.7. The molecule has 0 bridgehead atoms. The number of carbonyl (C=O) groups excluding carboxylic acids is 1. The maximum absolute atomic E-state index is 13.0. The summed E-state index contributed by atoms with van der Waals surface area (Å²) in [5.74, 6) is 0.268. The Morgan fingerprint density at radius 1 is 0.962 bits per heavy atom.